The van der Waals surface area contributed by atoms with E-state index in [4.69, 9.17) is 19.9 Å². The molecule has 1 aromatic carbocycles. The fraction of sp³-hybridized carbons (Fsp3) is 0.462. The molecule has 0 aromatic heterocycles. The number of carbonyl (C=O) groups is 1. The number of ether oxygens (including phenoxy) is 3. The topological polar surface area (TPSA) is 70.8 Å². The van der Waals surface area contributed by atoms with Crippen LogP contribution in [0.15, 0.2) is 16.6 Å². The van der Waals surface area contributed by atoms with Gasteiger partial charge in [0.15, 0.2) is 11.5 Å². The number of halogens is 1. The molecule has 0 bridgehead atoms. The van der Waals surface area contributed by atoms with Crippen LogP contribution in [0.1, 0.15) is 24.9 Å². The Balaban J connectivity index is 2.96. The molecule has 1 aromatic rings. The first-order valence-corrected chi connectivity index (χ1v) is 6.65. The fourth-order valence-electron chi connectivity index (χ4n) is 1.66. The first-order chi connectivity index (χ1) is 9.03. The SMILES string of the molecule is CCOC(=O)C[C@@H](N)c1cc(OC)c(OC)cc1Br. The molecule has 2 N–H and O–H groups in total. The molecular weight excluding hydrogens is 314 g/mol. The lowest BCUT2D eigenvalue weighted by Gasteiger charge is -2.16. The maximum atomic E-state index is 11.4. The Morgan fingerprint density at radius 2 is 1.89 bits per heavy atom. The lowest BCUT2D eigenvalue weighted by molar-refractivity contribution is -0.143. The van der Waals surface area contributed by atoms with Gasteiger partial charge in [-0.05, 0) is 24.6 Å². The Morgan fingerprint density at radius 3 is 2.42 bits per heavy atom. The normalized spacial score (nSPS) is 11.8. The van der Waals surface area contributed by atoms with Gasteiger partial charge in [-0.25, -0.2) is 0 Å². The number of carbonyl (C=O) groups excluding carboxylic acids is 1. The van der Waals surface area contributed by atoms with Crippen molar-refractivity contribution in [2.75, 3.05) is 20.8 Å². The first-order valence-electron chi connectivity index (χ1n) is 5.86. The van der Waals surface area contributed by atoms with Crippen LogP contribution < -0.4 is 15.2 Å². The van der Waals surface area contributed by atoms with Crippen LogP contribution in [0.5, 0.6) is 11.5 Å². The zero-order valence-electron chi connectivity index (χ0n) is 11.2. The fourth-order valence-corrected chi connectivity index (χ4v) is 2.28. The van der Waals surface area contributed by atoms with Gasteiger partial charge in [0.2, 0.25) is 0 Å². The molecule has 0 aliphatic carbocycles. The summed E-state index contributed by atoms with van der Waals surface area (Å²) in [5.41, 5.74) is 6.78. The quantitative estimate of drug-likeness (QED) is 0.810. The van der Waals surface area contributed by atoms with Crippen molar-refractivity contribution in [1.29, 1.82) is 0 Å². The molecule has 0 radical (unpaired) electrons. The van der Waals surface area contributed by atoms with Crippen molar-refractivity contribution in [3.05, 3.63) is 22.2 Å². The zero-order valence-corrected chi connectivity index (χ0v) is 12.8. The van der Waals surface area contributed by atoms with Crippen LogP contribution in [0.3, 0.4) is 0 Å². The lowest BCUT2D eigenvalue weighted by Crippen LogP contribution is -2.17. The Bertz CT molecular complexity index is 451. The Labute approximate surface area is 121 Å². The van der Waals surface area contributed by atoms with E-state index in [1.165, 1.54) is 0 Å². The number of hydrogen-bond donors (Lipinski definition) is 1. The van der Waals surface area contributed by atoms with E-state index in [1.807, 2.05) is 0 Å². The predicted octanol–water partition coefficient (Wildman–Crippen LogP) is 2.42. The third-order valence-corrected chi connectivity index (χ3v) is 3.28. The van der Waals surface area contributed by atoms with Crippen LogP contribution in [-0.4, -0.2) is 26.8 Å². The summed E-state index contributed by atoms with van der Waals surface area (Å²) in [7, 11) is 3.11. The van der Waals surface area contributed by atoms with Crippen molar-refractivity contribution in [2.24, 2.45) is 5.73 Å². The second kappa shape index (κ2) is 7.35. The van der Waals surface area contributed by atoms with Crippen molar-refractivity contribution in [2.45, 2.75) is 19.4 Å². The largest absolute Gasteiger partial charge is 0.493 e. The second-order valence-electron chi connectivity index (χ2n) is 3.84. The average molecular weight is 332 g/mol. The maximum absolute atomic E-state index is 11.4. The van der Waals surface area contributed by atoms with Crippen LogP contribution in [-0.2, 0) is 9.53 Å². The minimum Gasteiger partial charge on any atom is -0.493 e. The highest BCUT2D eigenvalue weighted by Gasteiger charge is 2.18. The highest BCUT2D eigenvalue weighted by Crippen LogP contribution is 2.36. The standard InChI is InChI=1S/C13H18BrNO4/c1-4-19-13(16)7-10(15)8-5-11(17-2)12(18-3)6-9(8)14/h5-6,10H,4,7,15H2,1-3H3/t10-/m1/s1. The van der Waals surface area contributed by atoms with Gasteiger partial charge >= 0.3 is 5.97 Å². The molecule has 0 aliphatic rings. The third kappa shape index (κ3) is 4.11. The van der Waals surface area contributed by atoms with Crippen LogP contribution >= 0.6 is 15.9 Å². The smallest absolute Gasteiger partial charge is 0.307 e. The van der Waals surface area contributed by atoms with Crippen molar-refractivity contribution < 1.29 is 19.0 Å². The summed E-state index contributed by atoms with van der Waals surface area (Å²) in [4.78, 5) is 11.4. The Kier molecular flexibility index (Phi) is 6.11. The van der Waals surface area contributed by atoms with E-state index in [2.05, 4.69) is 15.9 Å². The van der Waals surface area contributed by atoms with Gasteiger partial charge < -0.3 is 19.9 Å². The summed E-state index contributed by atoms with van der Waals surface area (Å²) in [6.07, 6.45) is 0.113. The maximum Gasteiger partial charge on any atom is 0.307 e. The van der Waals surface area contributed by atoms with Gasteiger partial charge in [0.05, 0.1) is 27.2 Å². The van der Waals surface area contributed by atoms with Crippen molar-refractivity contribution >= 4 is 21.9 Å². The molecule has 0 aliphatic heterocycles. The molecule has 0 unspecified atom stereocenters. The minimum atomic E-state index is -0.465. The lowest BCUT2D eigenvalue weighted by atomic mass is 10.0. The van der Waals surface area contributed by atoms with E-state index < -0.39 is 6.04 Å². The molecule has 106 valence electrons. The monoisotopic (exact) mass is 331 g/mol. The highest BCUT2D eigenvalue weighted by atomic mass is 79.9. The van der Waals surface area contributed by atoms with Gasteiger partial charge in [-0.15, -0.1) is 0 Å². The number of rotatable bonds is 6. The van der Waals surface area contributed by atoms with Gasteiger partial charge in [-0.1, -0.05) is 15.9 Å². The van der Waals surface area contributed by atoms with Crippen molar-refractivity contribution in [1.82, 2.24) is 0 Å². The van der Waals surface area contributed by atoms with Crippen LogP contribution in [0.2, 0.25) is 0 Å². The molecule has 0 fully saturated rings. The van der Waals surface area contributed by atoms with Crippen LogP contribution in [0, 0.1) is 0 Å². The van der Waals surface area contributed by atoms with Gasteiger partial charge in [0.1, 0.15) is 0 Å². The molecule has 0 spiro atoms. The third-order valence-electron chi connectivity index (χ3n) is 2.59. The molecule has 0 heterocycles. The molecule has 0 saturated carbocycles. The van der Waals surface area contributed by atoms with Gasteiger partial charge in [0, 0.05) is 10.5 Å². The molecule has 6 heteroatoms. The van der Waals surface area contributed by atoms with Crippen molar-refractivity contribution in [3.63, 3.8) is 0 Å². The van der Waals surface area contributed by atoms with Gasteiger partial charge in [-0.2, -0.15) is 0 Å². The van der Waals surface area contributed by atoms with Crippen LogP contribution in [0.4, 0.5) is 0 Å². The van der Waals surface area contributed by atoms with E-state index in [9.17, 15) is 4.79 Å². The molecule has 19 heavy (non-hydrogen) atoms. The summed E-state index contributed by atoms with van der Waals surface area (Å²) >= 11 is 3.41. The number of nitrogens with two attached hydrogens (primary N) is 1. The first kappa shape index (κ1) is 15.8. The predicted molar refractivity (Wildman–Crippen MR) is 75.4 cm³/mol. The van der Waals surface area contributed by atoms with Gasteiger partial charge in [0.25, 0.3) is 0 Å². The summed E-state index contributed by atoms with van der Waals surface area (Å²) < 4.78 is 16.1. The highest BCUT2D eigenvalue weighted by molar-refractivity contribution is 9.10. The summed E-state index contributed by atoms with van der Waals surface area (Å²) in [5, 5.41) is 0. The Morgan fingerprint density at radius 1 is 1.32 bits per heavy atom. The summed E-state index contributed by atoms with van der Waals surface area (Å²) in [6.45, 7) is 2.11. The zero-order chi connectivity index (χ0) is 14.4. The average Bonchev–Trinajstić information content (AvgIpc) is 2.38. The molecule has 0 amide bonds. The summed E-state index contributed by atoms with van der Waals surface area (Å²) in [6, 6.07) is 3.06. The van der Waals surface area contributed by atoms with Crippen molar-refractivity contribution in [3.8, 4) is 11.5 Å². The molecule has 5 nitrogen and oxygen atoms in total. The molecular formula is C13H18BrNO4. The Hall–Kier alpha value is -1.27. The number of benzene rings is 1. The van der Waals surface area contributed by atoms with E-state index >= 15 is 0 Å². The summed E-state index contributed by atoms with van der Waals surface area (Å²) in [5.74, 6) is 0.846. The minimum absolute atomic E-state index is 0.113. The number of esters is 1. The number of hydrogen-bond acceptors (Lipinski definition) is 5. The molecule has 1 rings (SSSR count). The van der Waals surface area contributed by atoms with Gasteiger partial charge in [-0.3, -0.25) is 4.79 Å². The molecule has 0 saturated heterocycles. The second-order valence-corrected chi connectivity index (χ2v) is 4.70. The molecule has 1 atom stereocenters. The van der Waals surface area contributed by atoms with Crippen LogP contribution in [0.25, 0.3) is 0 Å². The van der Waals surface area contributed by atoms with E-state index in [0.29, 0.717) is 18.1 Å². The number of methoxy groups -OCH3 is 2. The van der Waals surface area contributed by atoms with E-state index in [1.54, 1.807) is 33.3 Å². The van der Waals surface area contributed by atoms with E-state index in [0.717, 1.165) is 10.0 Å². The van der Waals surface area contributed by atoms with E-state index in [-0.39, 0.29) is 12.4 Å².